The lowest BCUT2D eigenvalue weighted by Crippen LogP contribution is -2.35. The average molecular weight is 388 g/mol. The summed E-state index contributed by atoms with van der Waals surface area (Å²) in [6.45, 7) is 1.92. The summed E-state index contributed by atoms with van der Waals surface area (Å²) in [5, 5.41) is 4.06. The number of aromatic nitrogens is 3. The van der Waals surface area contributed by atoms with Gasteiger partial charge in [-0.1, -0.05) is 11.6 Å². The Kier molecular flexibility index (Phi) is 5.08. The van der Waals surface area contributed by atoms with Crippen LogP contribution in [0.5, 0.6) is 0 Å². The third-order valence-corrected chi connectivity index (χ3v) is 4.44. The zero-order valence-electron chi connectivity index (χ0n) is 14.0. The molecule has 0 radical (unpaired) electrons. The van der Waals surface area contributed by atoms with Gasteiger partial charge in [-0.25, -0.2) is 4.98 Å². The predicted molar refractivity (Wildman–Crippen MR) is 90.2 cm³/mol. The maximum Gasteiger partial charge on any atom is 0.417 e. The normalized spacial score (nSPS) is 15.9. The number of rotatable bonds is 2. The first-order chi connectivity index (χ1) is 12.3. The predicted octanol–water partition coefficient (Wildman–Crippen LogP) is 2.84. The van der Waals surface area contributed by atoms with E-state index in [0.29, 0.717) is 44.1 Å². The molecule has 10 heteroatoms. The number of halogens is 4. The zero-order valence-corrected chi connectivity index (χ0v) is 14.8. The van der Waals surface area contributed by atoms with Crippen LogP contribution >= 0.6 is 11.6 Å². The van der Waals surface area contributed by atoms with Crippen LogP contribution < -0.4 is 4.90 Å². The molecule has 2 aromatic rings. The fourth-order valence-corrected chi connectivity index (χ4v) is 3.13. The summed E-state index contributed by atoms with van der Waals surface area (Å²) in [5.41, 5.74) is -0.514. The van der Waals surface area contributed by atoms with E-state index < -0.39 is 11.7 Å². The van der Waals surface area contributed by atoms with E-state index in [9.17, 15) is 18.0 Å². The van der Waals surface area contributed by atoms with Crippen molar-refractivity contribution in [2.45, 2.75) is 12.6 Å². The van der Waals surface area contributed by atoms with Crippen LogP contribution in [0.2, 0.25) is 5.02 Å². The second kappa shape index (κ2) is 7.14. The molecule has 0 aliphatic carbocycles. The number of hydrogen-bond acceptors (Lipinski definition) is 4. The van der Waals surface area contributed by atoms with E-state index in [-0.39, 0.29) is 10.9 Å². The van der Waals surface area contributed by atoms with Gasteiger partial charge in [-0.15, -0.1) is 0 Å². The summed E-state index contributed by atoms with van der Waals surface area (Å²) in [6.07, 6.45) is -1.36. The Morgan fingerprint density at radius 1 is 1.23 bits per heavy atom. The monoisotopic (exact) mass is 387 g/mol. The molecular formula is C16H17ClF3N5O. The Labute approximate surface area is 153 Å². The maximum absolute atomic E-state index is 12.7. The van der Waals surface area contributed by atoms with Gasteiger partial charge in [0.15, 0.2) is 0 Å². The molecule has 2 aromatic heterocycles. The Hall–Kier alpha value is -2.29. The first-order valence-corrected chi connectivity index (χ1v) is 8.40. The number of aryl methyl sites for hydroxylation is 1. The summed E-state index contributed by atoms with van der Waals surface area (Å²) >= 11 is 6.02. The van der Waals surface area contributed by atoms with E-state index in [1.807, 2.05) is 0 Å². The van der Waals surface area contributed by atoms with Gasteiger partial charge in [0, 0.05) is 45.6 Å². The van der Waals surface area contributed by atoms with Crippen LogP contribution in [0.1, 0.15) is 22.5 Å². The van der Waals surface area contributed by atoms with Crippen LogP contribution in [0.3, 0.4) is 0 Å². The highest BCUT2D eigenvalue weighted by Crippen LogP contribution is 2.33. The molecular weight excluding hydrogens is 371 g/mol. The van der Waals surface area contributed by atoms with Gasteiger partial charge >= 0.3 is 6.18 Å². The Bertz CT molecular complexity index is 807. The molecule has 0 bridgehead atoms. The summed E-state index contributed by atoms with van der Waals surface area (Å²) in [6, 6.07) is 2.53. The van der Waals surface area contributed by atoms with Crippen molar-refractivity contribution in [1.29, 1.82) is 0 Å². The molecule has 1 aliphatic heterocycles. The van der Waals surface area contributed by atoms with Gasteiger partial charge in [-0.3, -0.25) is 9.48 Å². The minimum atomic E-state index is -4.49. The molecule has 1 saturated heterocycles. The van der Waals surface area contributed by atoms with Crippen molar-refractivity contribution in [3.05, 3.63) is 40.8 Å². The van der Waals surface area contributed by atoms with Crippen LogP contribution in [-0.2, 0) is 13.2 Å². The van der Waals surface area contributed by atoms with E-state index in [4.69, 9.17) is 11.6 Å². The van der Waals surface area contributed by atoms with E-state index in [0.717, 1.165) is 12.3 Å². The van der Waals surface area contributed by atoms with Gasteiger partial charge in [0.05, 0.1) is 10.6 Å². The van der Waals surface area contributed by atoms with Gasteiger partial charge in [0.25, 0.3) is 5.91 Å². The summed E-state index contributed by atoms with van der Waals surface area (Å²) in [7, 11) is 1.74. The fourth-order valence-electron chi connectivity index (χ4n) is 2.84. The highest BCUT2D eigenvalue weighted by atomic mass is 35.5. The SMILES string of the molecule is Cn1ccc(C(=O)N2CCCN(c3ncc(C(F)(F)F)cc3Cl)CC2)n1. The van der Waals surface area contributed by atoms with Crippen LogP contribution in [0.25, 0.3) is 0 Å². The van der Waals surface area contributed by atoms with Crippen LogP contribution in [0, 0.1) is 0 Å². The maximum atomic E-state index is 12.7. The third-order valence-electron chi connectivity index (χ3n) is 4.16. The van der Waals surface area contributed by atoms with E-state index in [1.165, 1.54) is 0 Å². The molecule has 0 N–H and O–H groups in total. The molecule has 0 aromatic carbocycles. The molecule has 1 fully saturated rings. The molecule has 3 rings (SSSR count). The second-order valence-electron chi connectivity index (χ2n) is 6.03. The lowest BCUT2D eigenvalue weighted by atomic mass is 10.2. The summed E-state index contributed by atoms with van der Waals surface area (Å²) in [5.74, 6) is 0.130. The standard InChI is InChI=1S/C16H17ClF3N5O/c1-23-6-3-13(22-23)15(26)25-5-2-4-24(7-8-25)14-12(17)9-11(10-21-14)16(18,19)20/h3,6,9-10H,2,4-5,7-8H2,1H3. The first-order valence-electron chi connectivity index (χ1n) is 8.02. The number of hydrogen-bond donors (Lipinski definition) is 0. The first kappa shape index (κ1) is 18.5. The number of alkyl halides is 3. The quantitative estimate of drug-likeness (QED) is 0.795. The van der Waals surface area contributed by atoms with Crippen LogP contribution in [0.4, 0.5) is 19.0 Å². The van der Waals surface area contributed by atoms with Crippen molar-refractivity contribution in [3.63, 3.8) is 0 Å². The molecule has 26 heavy (non-hydrogen) atoms. The lowest BCUT2D eigenvalue weighted by molar-refractivity contribution is -0.137. The number of amides is 1. The largest absolute Gasteiger partial charge is 0.417 e. The molecule has 0 saturated carbocycles. The van der Waals surface area contributed by atoms with Crippen molar-refractivity contribution in [2.75, 3.05) is 31.1 Å². The van der Waals surface area contributed by atoms with E-state index in [1.54, 1.807) is 33.8 Å². The number of carbonyl (C=O) groups excluding carboxylic acids is 1. The smallest absolute Gasteiger partial charge is 0.354 e. The Balaban J connectivity index is 1.72. The molecule has 0 atom stereocenters. The fraction of sp³-hybridized carbons (Fsp3) is 0.438. The van der Waals surface area contributed by atoms with Crippen molar-refractivity contribution >= 4 is 23.3 Å². The van der Waals surface area contributed by atoms with Crippen LogP contribution in [-0.4, -0.2) is 51.8 Å². The highest BCUT2D eigenvalue weighted by Gasteiger charge is 2.32. The number of anilines is 1. The molecule has 0 unspecified atom stereocenters. The highest BCUT2D eigenvalue weighted by molar-refractivity contribution is 6.33. The minimum absolute atomic E-state index is 0.0515. The zero-order chi connectivity index (χ0) is 18.9. The van der Waals surface area contributed by atoms with E-state index >= 15 is 0 Å². The van der Waals surface area contributed by atoms with Gasteiger partial charge in [-0.05, 0) is 18.6 Å². The average Bonchev–Trinajstić information content (AvgIpc) is 2.87. The molecule has 6 nitrogen and oxygen atoms in total. The summed E-state index contributed by atoms with van der Waals surface area (Å²) in [4.78, 5) is 19.9. The van der Waals surface area contributed by atoms with Gasteiger partial charge in [0.2, 0.25) is 0 Å². The van der Waals surface area contributed by atoms with Crippen LogP contribution in [0.15, 0.2) is 24.5 Å². The Morgan fingerprint density at radius 2 is 2.00 bits per heavy atom. The third kappa shape index (κ3) is 3.92. The minimum Gasteiger partial charge on any atom is -0.354 e. The van der Waals surface area contributed by atoms with Gasteiger partial charge in [0.1, 0.15) is 11.5 Å². The summed E-state index contributed by atoms with van der Waals surface area (Å²) < 4.78 is 39.8. The van der Waals surface area contributed by atoms with Crippen molar-refractivity contribution in [2.24, 2.45) is 7.05 Å². The number of pyridine rings is 1. The molecule has 1 amide bonds. The molecule has 140 valence electrons. The topological polar surface area (TPSA) is 54.3 Å². The Morgan fingerprint density at radius 3 is 2.62 bits per heavy atom. The van der Waals surface area contributed by atoms with E-state index in [2.05, 4.69) is 10.1 Å². The number of nitrogens with zero attached hydrogens (tertiary/aromatic N) is 5. The number of carbonyl (C=O) groups is 1. The van der Waals surface area contributed by atoms with Crippen molar-refractivity contribution in [3.8, 4) is 0 Å². The van der Waals surface area contributed by atoms with Gasteiger partial charge < -0.3 is 9.80 Å². The molecule has 3 heterocycles. The van der Waals surface area contributed by atoms with Crippen molar-refractivity contribution in [1.82, 2.24) is 19.7 Å². The van der Waals surface area contributed by atoms with Gasteiger partial charge in [-0.2, -0.15) is 18.3 Å². The second-order valence-corrected chi connectivity index (χ2v) is 6.44. The van der Waals surface area contributed by atoms with Crippen molar-refractivity contribution < 1.29 is 18.0 Å². The molecule has 0 spiro atoms. The molecule has 1 aliphatic rings. The lowest BCUT2D eigenvalue weighted by Gasteiger charge is -2.23.